The second-order valence-corrected chi connectivity index (χ2v) is 10.4. The summed E-state index contributed by atoms with van der Waals surface area (Å²) in [4.78, 5) is 14.5. The number of nitrogens with zero attached hydrogens (tertiary/aromatic N) is 3. The zero-order chi connectivity index (χ0) is 27.9. The van der Waals surface area contributed by atoms with Gasteiger partial charge < -0.3 is 24.7 Å². The van der Waals surface area contributed by atoms with E-state index in [1.807, 2.05) is 30.3 Å². The van der Waals surface area contributed by atoms with Crippen LogP contribution in [0.1, 0.15) is 6.42 Å². The van der Waals surface area contributed by atoms with Gasteiger partial charge in [0.25, 0.3) is 0 Å². The van der Waals surface area contributed by atoms with Crippen LogP contribution in [0.25, 0.3) is 44.5 Å². The van der Waals surface area contributed by atoms with Gasteiger partial charge in [0, 0.05) is 61.3 Å². The van der Waals surface area contributed by atoms with E-state index in [1.54, 1.807) is 24.7 Å². The lowest BCUT2D eigenvalue weighted by Gasteiger charge is -2.43. The quantitative estimate of drug-likeness (QED) is 0.286. The van der Waals surface area contributed by atoms with E-state index in [0.29, 0.717) is 47.5 Å². The van der Waals surface area contributed by atoms with Crippen molar-refractivity contribution >= 4 is 16.6 Å². The lowest BCUT2D eigenvalue weighted by molar-refractivity contribution is -0.00896. The fraction of sp³-hybridized carbons (Fsp3) is 0.250. The first-order valence-electron chi connectivity index (χ1n) is 13.8. The SMILES string of the molecule is COc1cc(F)cc(-c2cnc3ccc(-c4cccc(F)c4-c4ncc[nH]4)cc3c2N2CCC3NCCOC3C2)c1. The highest BCUT2D eigenvalue weighted by Gasteiger charge is 2.34. The Labute approximate surface area is 236 Å². The molecule has 2 aromatic heterocycles. The number of piperidine rings is 1. The number of methoxy groups -OCH3 is 1. The number of aromatic amines is 1. The molecule has 0 spiro atoms. The molecule has 2 atom stereocenters. The van der Waals surface area contributed by atoms with Crippen LogP contribution in [-0.4, -0.2) is 60.4 Å². The van der Waals surface area contributed by atoms with E-state index in [4.69, 9.17) is 14.5 Å². The van der Waals surface area contributed by atoms with Crippen molar-refractivity contribution in [2.75, 3.05) is 38.3 Å². The number of rotatable bonds is 5. The molecule has 0 radical (unpaired) electrons. The molecule has 0 amide bonds. The third-order valence-electron chi connectivity index (χ3n) is 8.03. The zero-order valence-electron chi connectivity index (χ0n) is 22.5. The second kappa shape index (κ2) is 10.6. The van der Waals surface area contributed by atoms with E-state index in [1.165, 1.54) is 25.3 Å². The molecule has 9 heteroatoms. The molecule has 5 aromatic rings. The summed E-state index contributed by atoms with van der Waals surface area (Å²) in [6.45, 7) is 2.98. The Morgan fingerprint density at radius 3 is 2.80 bits per heavy atom. The van der Waals surface area contributed by atoms with Crippen molar-refractivity contribution < 1.29 is 18.3 Å². The predicted molar refractivity (Wildman–Crippen MR) is 155 cm³/mol. The monoisotopic (exact) mass is 553 g/mol. The van der Waals surface area contributed by atoms with Crippen LogP contribution in [-0.2, 0) is 4.74 Å². The molecule has 7 rings (SSSR count). The van der Waals surface area contributed by atoms with Crippen LogP contribution in [0.15, 0.2) is 73.2 Å². The van der Waals surface area contributed by atoms with Gasteiger partial charge in [0.2, 0.25) is 0 Å². The van der Waals surface area contributed by atoms with E-state index in [2.05, 4.69) is 20.2 Å². The molecule has 2 aliphatic heterocycles. The smallest absolute Gasteiger partial charge is 0.140 e. The normalized spacial score (nSPS) is 18.9. The van der Waals surface area contributed by atoms with Crippen molar-refractivity contribution in [3.05, 3.63) is 84.8 Å². The first kappa shape index (κ1) is 25.6. The number of hydrogen-bond donors (Lipinski definition) is 2. The Morgan fingerprint density at radius 1 is 1.02 bits per heavy atom. The molecule has 2 fully saturated rings. The van der Waals surface area contributed by atoms with Gasteiger partial charge in [-0.1, -0.05) is 18.2 Å². The highest BCUT2D eigenvalue weighted by atomic mass is 19.1. The van der Waals surface area contributed by atoms with Crippen LogP contribution in [0.5, 0.6) is 5.75 Å². The van der Waals surface area contributed by atoms with Crippen LogP contribution in [0, 0.1) is 11.6 Å². The maximum absolute atomic E-state index is 15.2. The Kier molecular flexibility index (Phi) is 6.60. The molecule has 208 valence electrons. The predicted octanol–water partition coefficient (Wildman–Crippen LogP) is 5.81. The Balaban J connectivity index is 1.44. The number of fused-ring (bicyclic) bond motifs is 2. The van der Waals surface area contributed by atoms with Crippen LogP contribution < -0.4 is 15.0 Å². The van der Waals surface area contributed by atoms with Gasteiger partial charge in [0.1, 0.15) is 23.2 Å². The van der Waals surface area contributed by atoms with Crippen LogP contribution in [0.2, 0.25) is 0 Å². The maximum Gasteiger partial charge on any atom is 0.140 e. The van der Waals surface area contributed by atoms with Gasteiger partial charge in [-0.3, -0.25) is 4.98 Å². The molecule has 4 heterocycles. The Hall–Kier alpha value is -4.34. The Bertz CT molecular complexity index is 1730. The number of aromatic nitrogens is 3. The molecule has 3 aromatic carbocycles. The van der Waals surface area contributed by atoms with Crippen LogP contribution in [0.3, 0.4) is 0 Å². The van der Waals surface area contributed by atoms with E-state index < -0.39 is 0 Å². The van der Waals surface area contributed by atoms with Gasteiger partial charge in [0.15, 0.2) is 0 Å². The second-order valence-electron chi connectivity index (χ2n) is 10.4. The fourth-order valence-electron chi connectivity index (χ4n) is 6.12. The van der Waals surface area contributed by atoms with Crippen molar-refractivity contribution in [1.29, 1.82) is 0 Å². The number of nitrogens with one attached hydrogen (secondary N) is 2. The van der Waals surface area contributed by atoms with Crippen LogP contribution in [0.4, 0.5) is 14.5 Å². The summed E-state index contributed by atoms with van der Waals surface area (Å²) < 4.78 is 41.5. The minimum absolute atomic E-state index is 0.0348. The van der Waals surface area contributed by atoms with Gasteiger partial charge >= 0.3 is 0 Å². The molecule has 2 saturated heterocycles. The standard InChI is InChI=1S/C32H29F2N5O2/c1-40-22-14-20(13-21(33)16-22)25-17-38-27-6-5-19(23-3-2-4-26(34)30(23)32-36-8-9-37-32)15-24(27)31(25)39-11-7-28-29(18-39)41-12-10-35-28/h2-6,8-9,13-17,28-29,35H,7,10-12,18H2,1H3,(H,36,37). The van der Waals surface area contributed by atoms with Gasteiger partial charge in [-0.05, 0) is 53.4 Å². The average Bonchev–Trinajstić information content (AvgIpc) is 3.54. The van der Waals surface area contributed by atoms with Gasteiger partial charge in [-0.25, -0.2) is 13.8 Å². The zero-order valence-corrected chi connectivity index (χ0v) is 22.5. The summed E-state index contributed by atoms with van der Waals surface area (Å²) in [5, 5.41) is 4.47. The molecule has 7 nitrogen and oxygen atoms in total. The number of pyridine rings is 1. The van der Waals surface area contributed by atoms with Gasteiger partial charge in [-0.15, -0.1) is 0 Å². The largest absolute Gasteiger partial charge is 0.497 e. The van der Waals surface area contributed by atoms with Crippen molar-refractivity contribution in [1.82, 2.24) is 20.3 Å². The number of benzene rings is 3. The number of hydrogen-bond acceptors (Lipinski definition) is 6. The third kappa shape index (κ3) is 4.71. The lowest BCUT2D eigenvalue weighted by Crippen LogP contribution is -2.57. The summed E-state index contributed by atoms with van der Waals surface area (Å²) in [5.74, 6) is 0.142. The number of halogens is 2. The maximum atomic E-state index is 15.2. The van der Waals surface area contributed by atoms with Crippen molar-refractivity contribution in [3.8, 4) is 39.4 Å². The lowest BCUT2D eigenvalue weighted by atomic mass is 9.93. The highest BCUT2D eigenvalue weighted by Crippen LogP contribution is 2.42. The average molecular weight is 554 g/mol. The molecule has 41 heavy (non-hydrogen) atoms. The molecule has 2 aliphatic rings. The van der Waals surface area contributed by atoms with Crippen molar-refractivity contribution in [3.63, 3.8) is 0 Å². The first-order chi connectivity index (χ1) is 20.1. The molecule has 0 aliphatic carbocycles. The first-order valence-corrected chi connectivity index (χ1v) is 13.8. The summed E-state index contributed by atoms with van der Waals surface area (Å²) in [6, 6.07) is 16.0. The number of ether oxygens (including phenoxy) is 2. The number of morpholine rings is 1. The number of imidazole rings is 1. The topological polar surface area (TPSA) is 75.3 Å². The van der Waals surface area contributed by atoms with E-state index >= 15 is 4.39 Å². The summed E-state index contributed by atoms with van der Waals surface area (Å²) in [5.41, 5.74) is 5.13. The van der Waals surface area contributed by atoms with Crippen LogP contribution >= 0.6 is 0 Å². The molecular weight excluding hydrogens is 524 g/mol. The minimum atomic E-state index is -0.388. The summed E-state index contributed by atoms with van der Waals surface area (Å²) in [6.07, 6.45) is 6.03. The molecule has 0 bridgehead atoms. The minimum Gasteiger partial charge on any atom is -0.497 e. The number of H-pyrrole nitrogens is 1. The van der Waals surface area contributed by atoms with E-state index in [0.717, 1.165) is 47.2 Å². The Morgan fingerprint density at radius 2 is 1.95 bits per heavy atom. The summed E-state index contributed by atoms with van der Waals surface area (Å²) >= 11 is 0. The molecule has 2 N–H and O–H groups in total. The molecule has 0 saturated carbocycles. The third-order valence-corrected chi connectivity index (χ3v) is 8.03. The highest BCUT2D eigenvalue weighted by molar-refractivity contribution is 6.02. The molecular formula is C32H29F2N5O2. The van der Waals surface area contributed by atoms with E-state index in [-0.39, 0.29) is 17.7 Å². The fourth-order valence-corrected chi connectivity index (χ4v) is 6.12. The van der Waals surface area contributed by atoms with Gasteiger partial charge in [0.05, 0.1) is 36.6 Å². The molecule has 2 unspecified atom stereocenters. The van der Waals surface area contributed by atoms with Crippen molar-refractivity contribution in [2.45, 2.75) is 18.6 Å². The number of anilines is 1. The summed E-state index contributed by atoms with van der Waals surface area (Å²) in [7, 11) is 1.53. The van der Waals surface area contributed by atoms with Gasteiger partial charge in [-0.2, -0.15) is 0 Å². The van der Waals surface area contributed by atoms with E-state index in [9.17, 15) is 4.39 Å². The van der Waals surface area contributed by atoms with Crippen molar-refractivity contribution in [2.24, 2.45) is 0 Å².